The third-order valence-electron chi connectivity index (χ3n) is 3.10. The van der Waals surface area contributed by atoms with Crippen LogP contribution in [0.3, 0.4) is 0 Å². The minimum Gasteiger partial charge on any atom is -0.381 e. The lowest BCUT2D eigenvalue weighted by molar-refractivity contribution is 0.453. The Bertz CT molecular complexity index is 416. The second kappa shape index (κ2) is 3.61. The normalized spacial score (nSPS) is 17.9. The molecule has 0 saturated carbocycles. The number of rotatable bonds is 1. The molecule has 0 aliphatic carbocycles. The summed E-state index contributed by atoms with van der Waals surface area (Å²) in [7, 11) is 0. The van der Waals surface area contributed by atoms with Crippen molar-refractivity contribution in [2.24, 2.45) is 0 Å². The summed E-state index contributed by atoms with van der Waals surface area (Å²) in [6.07, 6.45) is 0. The zero-order chi connectivity index (χ0) is 11.9. The van der Waals surface area contributed by atoms with Gasteiger partial charge in [0.25, 0.3) is 0 Å². The molecule has 0 aromatic heterocycles. The van der Waals surface area contributed by atoms with Crippen molar-refractivity contribution in [3.8, 4) is 0 Å². The summed E-state index contributed by atoms with van der Waals surface area (Å²) in [5, 5.41) is 3.14. The molecule has 0 saturated heterocycles. The summed E-state index contributed by atoms with van der Waals surface area (Å²) in [6.45, 7) is 7.34. The molecule has 2 nitrogen and oxygen atoms in total. The van der Waals surface area contributed by atoms with Crippen LogP contribution in [0.4, 0.5) is 20.2 Å². The van der Waals surface area contributed by atoms with Gasteiger partial charge in [-0.3, -0.25) is 0 Å². The van der Waals surface area contributed by atoms with Gasteiger partial charge in [-0.05, 0) is 32.9 Å². The van der Waals surface area contributed by atoms with Crippen LogP contribution in [-0.2, 0) is 0 Å². The fourth-order valence-corrected chi connectivity index (χ4v) is 2.24. The molecule has 0 amide bonds. The Morgan fingerprint density at radius 1 is 1.38 bits per heavy atom. The Labute approximate surface area is 94.3 Å². The number of fused-ring (bicyclic) bond motifs is 1. The highest BCUT2D eigenvalue weighted by Crippen LogP contribution is 2.38. The number of benzene rings is 1. The highest BCUT2D eigenvalue weighted by Gasteiger charge is 2.34. The first kappa shape index (κ1) is 11.2. The molecule has 1 aliphatic rings. The molecule has 0 atom stereocenters. The van der Waals surface area contributed by atoms with Gasteiger partial charge < -0.3 is 10.2 Å². The summed E-state index contributed by atoms with van der Waals surface area (Å²) in [6, 6.07) is 2.75. The zero-order valence-corrected chi connectivity index (χ0v) is 9.77. The summed E-state index contributed by atoms with van der Waals surface area (Å²) < 4.78 is 27.0. The van der Waals surface area contributed by atoms with Crippen LogP contribution < -0.4 is 10.2 Å². The number of hydrogen-bond acceptors (Lipinski definition) is 2. The molecule has 0 unspecified atom stereocenters. The topological polar surface area (TPSA) is 15.3 Å². The van der Waals surface area contributed by atoms with E-state index in [4.69, 9.17) is 0 Å². The summed E-state index contributed by atoms with van der Waals surface area (Å²) in [4.78, 5) is 1.90. The predicted molar refractivity (Wildman–Crippen MR) is 61.9 cm³/mol. The Morgan fingerprint density at radius 2 is 2.06 bits per heavy atom. The van der Waals surface area contributed by atoms with E-state index in [-0.39, 0.29) is 5.54 Å². The number of nitrogens with zero attached hydrogens (tertiary/aromatic N) is 1. The van der Waals surface area contributed by atoms with Crippen LogP contribution in [0.25, 0.3) is 0 Å². The maximum absolute atomic E-state index is 13.8. The number of nitrogens with one attached hydrogen (secondary N) is 1. The van der Waals surface area contributed by atoms with E-state index in [1.54, 1.807) is 6.07 Å². The highest BCUT2D eigenvalue weighted by molar-refractivity contribution is 5.74. The van der Waals surface area contributed by atoms with Crippen molar-refractivity contribution in [3.63, 3.8) is 0 Å². The Morgan fingerprint density at radius 3 is 2.69 bits per heavy atom. The second-order valence-corrected chi connectivity index (χ2v) is 4.67. The van der Waals surface area contributed by atoms with Crippen LogP contribution >= 0.6 is 0 Å². The molecule has 88 valence electrons. The standard InChI is InChI=1S/C12H16F2N2/c1-4-16-11-9(15-7-12(16,2)3)6-5-8(13)10(11)14/h5-6,15H,4,7H2,1-3H3. The Balaban J connectivity index is 2.59. The van der Waals surface area contributed by atoms with Crippen LogP contribution in [-0.4, -0.2) is 18.6 Å². The maximum Gasteiger partial charge on any atom is 0.184 e. The molecule has 16 heavy (non-hydrogen) atoms. The van der Waals surface area contributed by atoms with Crippen LogP contribution in [0, 0.1) is 11.6 Å². The average Bonchev–Trinajstić information content (AvgIpc) is 2.23. The quantitative estimate of drug-likeness (QED) is 0.792. The summed E-state index contributed by atoms with van der Waals surface area (Å²) in [5.41, 5.74) is 0.801. The zero-order valence-electron chi connectivity index (χ0n) is 9.77. The van der Waals surface area contributed by atoms with Crippen molar-refractivity contribution < 1.29 is 8.78 Å². The number of anilines is 2. The monoisotopic (exact) mass is 226 g/mol. The largest absolute Gasteiger partial charge is 0.381 e. The number of halogens is 2. The summed E-state index contributed by atoms with van der Waals surface area (Å²) in [5.74, 6) is -1.56. The van der Waals surface area contributed by atoms with Gasteiger partial charge >= 0.3 is 0 Å². The van der Waals surface area contributed by atoms with Crippen molar-refractivity contribution in [3.05, 3.63) is 23.8 Å². The van der Waals surface area contributed by atoms with Gasteiger partial charge in [0.1, 0.15) is 5.69 Å². The lowest BCUT2D eigenvalue weighted by Crippen LogP contribution is -2.52. The predicted octanol–water partition coefficient (Wildman–Crippen LogP) is 3.00. The molecule has 1 N–H and O–H groups in total. The van der Waals surface area contributed by atoms with Gasteiger partial charge in [-0.15, -0.1) is 0 Å². The van der Waals surface area contributed by atoms with Gasteiger partial charge in [0, 0.05) is 13.1 Å². The van der Waals surface area contributed by atoms with E-state index in [0.717, 1.165) is 12.6 Å². The number of hydrogen-bond donors (Lipinski definition) is 1. The van der Waals surface area contributed by atoms with Crippen molar-refractivity contribution >= 4 is 11.4 Å². The van der Waals surface area contributed by atoms with E-state index in [9.17, 15) is 8.78 Å². The van der Waals surface area contributed by atoms with Gasteiger partial charge in [0.05, 0.1) is 11.2 Å². The van der Waals surface area contributed by atoms with Crippen molar-refractivity contribution in [1.29, 1.82) is 0 Å². The molecule has 1 heterocycles. The Kier molecular flexibility index (Phi) is 2.52. The van der Waals surface area contributed by atoms with Gasteiger partial charge in [0.15, 0.2) is 11.6 Å². The van der Waals surface area contributed by atoms with Crippen LogP contribution in [0.15, 0.2) is 12.1 Å². The lowest BCUT2D eigenvalue weighted by Gasteiger charge is -2.45. The van der Waals surface area contributed by atoms with Crippen LogP contribution in [0.1, 0.15) is 20.8 Å². The molecule has 2 rings (SSSR count). The maximum atomic E-state index is 13.8. The minimum absolute atomic E-state index is 0.212. The van der Waals surface area contributed by atoms with Crippen molar-refractivity contribution in [1.82, 2.24) is 0 Å². The third-order valence-corrected chi connectivity index (χ3v) is 3.10. The average molecular weight is 226 g/mol. The number of likely N-dealkylation sites (N-methyl/N-ethyl adjacent to an activating group) is 1. The first-order valence-corrected chi connectivity index (χ1v) is 5.47. The van der Waals surface area contributed by atoms with E-state index < -0.39 is 11.6 Å². The van der Waals surface area contributed by atoms with Gasteiger partial charge in [0.2, 0.25) is 0 Å². The van der Waals surface area contributed by atoms with E-state index in [1.165, 1.54) is 0 Å². The van der Waals surface area contributed by atoms with E-state index >= 15 is 0 Å². The molecule has 1 aromatic carbocycles. The third kappa shape index (κ3) is 1.52. The smallest absolute Gasteiger partial charge is 0.184 e. The van der Waals surface area contributed by atoms with Gasteiger partial charge in [-0.1, -0.05) is 0 Å². The highest BCUT2D eigenvalue weighted by atomic mass is 19.2. The van der Waals surface area contributed by atoms with Crippen molar-refractivity contribution in [2.45, 2.75) is 26.3 Å². The fraction of sp³-hybridized carbons (Fsp3) is 0.500. The van der Waals surface area contributed by atoms with E-state index in [0.29, 0.717) is 17.9 Å². The lowest BCUT2D eigenvalue weighted by atomic mass is 9.97. The SMILES string of the molecule is CCN1c2c(ccc(F)c2F)NCC1(C)C. The molecule has 1 aliphatic heterocycles. The molecule has 0 spiro atoms. The summed E-state index contributed by atoms with van der Waals surface area (Å²) >= 11 is 0. The molecular formula is C12H16F2N2. The molecule has 0 fully saturated rings. The van der Waals surface area contributed by atoms with Crippen molar-refractivity contribution in [2.75, 3.05) is 23.3 Å². The molecule has 0 bridgehead atoms. The van der Waals surface area contributed by atoms with Gasteiger partial charge in [-0.2, -0.15) is 0 Å². The van der Waals surface area contributed by atoms with Gasteiger partial charge in [-0.25, -0.2) is 8.78 Å². The molecule has 4 heteroatoms. The molecule has 0 radical (unpaired) electrons. The fourth-order valence-electron chi connectivity index (χ4n) is 2.24. The van der Waals surface area contributed by atoms with E-state index in [1.807, 2.05) is 25.7 Å². The molecule has 1 aromatic rings. The second-order valence-electron chi connectivity index (χ2n) is 4.67. The Hall–Kier alpha value is -1.32. The van der Waals surface area contributed by atoms with Crippen LogP contribution in [0.5, 0.6) is 0 Å². The molecular weight excluding hydrogens is 210 g/mol. The van der Waals surface area contributed by atoms with Crippen LogP contribution in [0.2, 0.25) is 0 Å². The first-order chi connectivity index (χ1) is 7.47. The first-order valence-electron chi connectivity index (χ1n) is 5.47. The minimum atomic E-state index is -0.795. The van der Waals surface area contributed by atoms with E-state index in [2.05, 4.69) is 5.32 Å².